The predicted molar refractivity (Wildman–Crippen MR) is 175 cm³/mol. The summed E-state index contributed by atoms with van der Waals surface area (Å²) in [7, 11) is -2.21. The number of carbonyl (C=O) groups excluding carboxylic acids is 1. The molecule has 0 radical (unpaired) electrons. The molecule has 0 bridgehead atoms. The molecule has 0 aliphatic carbocycles. The van der Waals surface area contributed by atoms with Gasteiger partial charge in [0, 0.05) is 5.57 Å². The molecule has 0 spiro atoms. The zero-order valence-corrected chi connectivity index (χ0v) is 28.3. The Kier molecular flexibility index (Phi) is 27.3. The number of carbonyl (C=O) groups is 2. The third kappa shape index (κ3) is 22.6. The molecule has 4 nitrogen and oxygen atoms in total. The number of unbranched alkanes of at least 4 members (excludes halogenated alkanes) is 19. The first-order valence-corrected chi connectivity index (χ1v) is 20.1. The number of hydrogen-bond acceptors (Lipinski definition) is 3. The number of hydrogen-bond donors (Lipinski definition) is 1. The first kappa shape index (κ1) is 38.9. The highest BCUT2D eigenvalue weighted by molar-refractivity contribution is 6.75. The van der Waals surface area contributed by atoms with E-state index in [1.54, 1.807) is 0 Å². The van der Waals surface area contributed by atoms with Crippen molar-refractivity contribution in [2.45, 2.75) is 200 Å². The molecular weight excluding hydrogens is 512 g/mol. The van der Waals surface area contributed by atoms with Crippen LogP contribution in [-0.4, -0.2) is 25.4 Å². The SMILES string of the molecule is CCCCCCCCCCCCCCCCCCC=C(CC(=O)O)C(=O)O[Si](CCCC)(CCCC)CCCC. The van der Waals surface area contributed by atoms with Crippen LogP contribution in [0.4, 0.5) is 0 Å². The molecule has 0 unspecified atom stereocenters. The van der Waals surface area contributed by atoms with Gasteiger partial charge in [0.15, 0.2) is 0 Å². The van der Waals surface area contributed by atoms with Crippen LogP contribution in [0, 0.1) is 0 Å². The first-order chi connectivity index (χ1) is 19.4. The predicted octanol–water partition coefficient (Wildman–Crippen LogP) is 11.9. The fourth-order valence-corrected chi connectivity index (χ4v) is 10.2. The van der Waals surface area contributed by atoms with Gasteiger partial charge in [-0.3, -0.25) is 4.79 Å². The molecule has 0 aromatic rings. The fourth-order valence-electron chi connectivity index (χ4n) is 5.65. The Morgan fingerprint density at radius 2 is 0.900 bits per heavy atom. The lowest BCUT2D eigenvalue weighted by Crippen LogP contribution is -2.41. The zero-order valence-electron chi connectivity index (χ0n) is 27.3. The number of aliphatic carboxylic acids is 1. The minimum absolute atomic E-state index is 0.225. The van der Waals surface area contributed by atoms with E-state index < -0.39 is 14.3 Å². The van der Waals surface area contributed by atoms with Gasteiger partial charge in [-0.25, -0.2) is 4.79 Å². The van der Waals surface area contributed by atoms with E-state index in [1.807, 2.05) is 6.08 Å². The topological polar surface area (TPSA) is 63.6 Å². The molecule has 0 saturated heterocycles. The van der Waals surface area contributed by atoms with Crippen molar-refractivity contribution in [1.29, 1.82) is 0 Å². The van der Waals surface area contributed by atoms with Crippen molar-refractivity contribution in [3.05, 3.63) is 11.6 Å². The van der Waals surface area contributed by atoms with E-state index in [2.05, 4.69) is 27.7 Å². The number of rotatable bonds is 30. The molecule has 0 aliphatic rings. The van der Waals surface area contributed by atoms with Gasteiger partial charge in [-0.05, 0) is 31.0 Å². The molecule has 0 atom stereocenters. The van der Waals surface area contributed by atoms with Gasteiger partial charge in [0.2, 0.25) is 0 Å². The fraction of sp³-hybridized carbons (Fsp3) is 0.886. The van der Waals surface area contributed by atoms with E-state index >= 15 is 0 Å². The van der Waals surface area contributed by atoms with Gasteiger partial charge < -0.3 is 9.53 Å². The van der Waals surface area contributed by atoms with Crippen LogP contribution in [0.15, 0.2) is 11.6 Å². The molecule has 1 N–H and O–H groups in total. The number of carboxylic acids is 1. The lowest BCUT2D eigenvalue weighted by atomic mass is 10.0. The lowest BCUT2D eigenvalue weighted by Gasteiger charge is -2.32. The summed E-state index contributed by atoms with van der Waals surface area (Å²) in [5.74, 6) is -1.29. The van der Waals surface area contributed by atoms with Crippen LogP contribution in [-0.2, 0) is 14.0 Å². The van der Waals surface area contributed by atoms with Gasteiger partial charge >= 0.3 is 11.9 Å². The zero-order chi connectivity index (χ0) is 29.7. The van der Waals surface area contributed by atoms with Crippen LogP contribution in [0.1, 0.15) is 182 Å². The van der Waals surface area contributed by atoms with Gasteiger partial charge in [-0.15, -0.1) is 0 Å². The summed E-state index contributed by atoms with van der Waals surface area (Å²) < 4.78 is 6.36. The number of carboxylic acid groups (broad SMARTS) is 1. The number of allylic oxidation sites excluding steroid dienone is 1. The molecular formula is C35H68O4Si. The molecule has 5 heteroatoms. The average molecular weight is 581 g/mol. The standard InChI is InChI=1S/C35H68O4Si/c1-5-9-13-14-15-16-17-18-19-20-21-22-23-24-25-26-27-28-33(32-34(36)37)35(38)39-40(29-10-6-2,30-11-7-3)31-12-8-4/h28H,5-27,29-32H2,1-4H3,(H,36,37). The first-order valence-electron chi connectivity index (χ1n) is 17.6. The Balaban J connectivity index is 4.40. The normalized spacial score (nSPS) is 12.2. The third-order valence-corrected chi connectivity index (χ3v) is 12.7. The second-order valence-electron chi connectivity index (χ2n) is 12.3. The van der Waals surface area contributed by atoms with Gasteiger partial charge in [0.05, 0.1) is 6.42 Å². The molecule has 0 aromatic carbocycles. The van der Waals surface area contributed by atoms with Gasteiger partial charge in [0.1, 0.15) is 0 Å². The van der Waals surface area contributed by atoms with E-state index in [1.165, 1.54) is 89.9 Å². The Hall–Kier alpha value is -1.10. The maximum Gasteiger partial charge on any atom is 0.320 e. The Bertz CT molecular complexity index is 609. The highest BCUT2D eigenvalue weighted by Gasteiger charge is 2.37. The molecule has 0 aromatic heterocycles. The van der Waals surface area contributed by atoms with E-state index in [9.17, 15) is 14.7 Å². The molecule has 0 rings (SSSR count). The smallest absolute Gasteiger partial charge is 0.320 e. The second kappa shape index (κ2) is 28.0. The Labute approximate surface area is 250 Å². The van der Waals surface area contributed by atoms with Crippen LogP contribution in [0.5, 0.6) is 0 Å². The summed E-state index contributed by atoms with van der Waals surface area (Å²) in [5, 5.41) is 9.46. The molecule has 0 saturated carbocycles. The summed E-state index contributed by atoms with van der Waals surface area (Å²) in [4.78, 5) is 24.8. The minimum Gasteiger partial charge on any atom is -0.516 e. The van der Waals surface area contributed by atoms with E-state index in [4.69, 9.17) is 4.43 Å². The van der Waals surface area contributed by atoms with Crippen LogP contribution in [0.3, 0.4) is 0 Å². The molecule has 236 valence electrons. The third-order valence-electron chi connectivity index (χ3n) is 8.32. The van der Waals surface area contributed by atoms with Crippen molar-refractivity contribution in [1.82, 2.24) is 0 Å². The Morgan fingerprint density at radius 3 is 1.25 bits per heavy atom. The molecule has 40 heavy (non-hydrogen) atoms. The summed E-state index contributed by atoms with van der Waals surface area (Å²) in [5.41, 5.74) is 0.370. The van der Waals surface area contributed by atoms with Crippen molar-refractivity contribution in [2.75, 3.05) is 0 Å². The highest BCUT2D eigenvalue weighted by atomic mass is 28.4. The minimum atomic E-state index is -2.21. The highest BCUT2D eigenvalue weighted by Crippen LogP contribution is 2.31. The van der Waals surface area contributed by atoms with Crippen LogP contribution >= 0.6 is 0 Å². The second-order valence-corrected chi connectivity index (χ2v) is 16.3. The van der Waals surface area contributed by atoms with Crippen molar-refractivity contribution < 1.29 is 19.1 Å². The maximum atomic E-state index is 13.3. The van der Waals surface area contributed by atoms with Gasteiger partial charge in [0.25, 0.3) is 8.32 Å². The summed E-state index contributed by atoms with van der Waals surface area (Å²) in [6, 6.07) is 3.03. The molecule has 0 amide bonds. The summed E-state index contributed by atoms with van der Waals surface area (Å²) >= 11 is 0. The Morgan fingerprint density at radius 1 is 0.550 bits per heavy atom. The van der Waals surface area contributed by atoms with E-state index in [0.29, 0.717) is 5.57 Å². The quantitative estimate of drug-likeness (QED) is 0.0521. The molecule has 0 aliphatic heterocycles. The largest absolute Gasteiger partial charge is 0.516 e. The van der Waals surface area contributed by atoms with Crippen LogP contribution in [0.2, 0.25) is 18.1 Å². The van der Waals surface area contributed by atoms with E-state index in [0.717, 1.165) is 75.9 Å². The lowest BCUT2D eigenvalue weighted by molar-refractivity contribution is -0.139. The van der Waals surface area contributed by atoms with Crippen molar-refractivity contribution in [2.24, 2.45) is 0 Å². The molecule has 0 heterocycles. The van der Waals surface area contributed by atoms with Crippen molar-refractivity contribution >= 4 is 20.3 Å². The maximum absolute atomic E-state index is 13.3. The summed E-state index contributed by atoms with van der Waals surface area (Å²) in [6.45, 7) is 8.84. The summed E-state index contributed by atoms with van der Waals surface area (Å²) in [6.07, 6.45) is 30.3. The average Bonchev–Trinajstić information content (AvgIpc) is 2.94. The van der Waals surface area contributed by atoms with E-state index in [-0.39, 0.29) is 12.4 Å². The van der Waals surface area contributed by atoms with Crippen molar-refractivity contribution in [3.63, 3.8) is 0 Å². The molecule has 0 fully saturated rings. The monoisotopic (exact) mass is 580 g/mol. The van der Waals surface area contributed by atoms with Crippen molar-refractivity contribution in [3.8, 4) is 0 Å². The van der Waals surface area contributed by atoms with Gasteiger partial charge in [-0.2, -0.15) is 0 Å². The van der Waals surface area contributed by atoms with Crippen LogP contribution in [0.25, 0.3) is 0 Å². The van der Waals surface area contributed by atoms with Crippen LogP contribution < -0.4 is 0 Å². The van der Waals surface area contributed by atoms with Gasteiger partial charge in [-0.1, -0.05) is 169 Å².